The van der Waals surface area contributed by atoms with Gasteiger partial charge >= 0.3 is 17.8 Å². The number of esters is 1. The molecule has 0 aliphatic carbocycles. The van der Waals surface area contributed by atoms with Crippen LogP contribution in [-0.4, -0.2) is 126 Å². The largest absolute Gasteiger partial charge is 0.508 e. The van der Waals surface area contributed by atoms with E-state index in [2.05, 4.69) is 25.0 Å². The van der Waals surface area contributed by atoms with Crippen LogP contribution in [0.2, 0.25) is 0 Å². The van der Waals surface area contributed by atoms with Crippen molar-refractivity contribution in [3.8, 4) is 34.5 Å². The van der Waals surface area contributed by atoms with E-state index in [0.717, 1.165) is 79.6 Å². The van der Waals surface area contributed by atoms with Crippen LogP contribution in [0.3, 0.4) is 0 Å². The summed E-state index contributed by atoms with van der Waals surface area (Å²) in [5.74, 6) is -0.0897. The zero-order valence-corrected chi connectivity index (χ0v) is 40.5. The first-order valence-electron chi connectivity index (χ1n) is 24.0. The maximum Gasteiger partial charge on any atom is 0.410 e. The number of unbranched alkanes of at least 4 members (excludes halogenated alkanes) is 1. The van der Waals surface area contributed by atoms with E-state index in [4.69, 9.17) is 14.2 Å². The number of amides is 1. The van der Waals surface area contributed by atoms with E-state index in [1.165, 1.54) is 22.5 Å². The molecule has 0 radical (unpaired) electrons. The number of nitrogens with zero attached hydrogens (tertiary/aromatic N) is 7. The van der Waals surface area contributed by atoms with E-state index < -0.39 is 29.6 Å². The van der Waals surface area contributed by atoms with E-state index in [1.807, 2.05) is 64.1 Å². The lowest BCUT2D eigenvalue weighted by Gasteiger charge is -2.35. The highest BCUT2D eigenvalue weighted by molar-refractivity contribution is 5.97. The molecule has 2 aromatic heterocycles. The Morgan fingerprint density at radius 2 is 1.73 bits per heavy atom. The number of allylic oxidation sites excluding steroid dienone is 3. The summed E-state index contributed by atoms with van der Waals surface area (Å²) in [6, 6.07) is 14.3. The van der Waals surface area contributed by atoms with Crippen molar-refractivity contribution in [1.29, 1.82) is 0 Å². The van der Waals surface area contributed by atoms with Gasteiger partial charge in [0.25, 0.3) is 6.29 Å². The summed E-state index contributed by atoms with van der Waals surface area (Å²) in [6.45, 7) is 14.7. The van der Waals surface area contributed by atoms with Crippen LogP contribution in [0.1, 0.15) is 82.9 Å². The number of hydrogen-bond donors (Lipinski definition) is 4. The number of carbonyl (C=O) groups excluding carboxylic acids is 3. The monoisotopic (exact) mass is 956 g/mol. The summed E-state index contributed by atoms with van der Waals surface area (Å²) in [4.78, 5) is 63.2. The summed E-state index contributed by atoms with van der Waals surface area (Å²) in [7, 11) is 1.68. The van der Waals surface area contributed by atoms with Gasteiger partial charge in [-0.3, -0.25) is 19.5 Å². The van der Waals surface area contributed by atoms with Crippen molar-refractivity contribution in [2.45, 2.75) is 91.2 Å². The molecular formula is C52H60N8O10. The highest BCUT2D eigenvalue weighted by atomic mass is 16.7. The van der Waals surface area contributed by atoms with Crippen molar-refractivity contribution >= 4 is 34.7 Å². The van der Waals surface area contributed by atoms with Crippen LogP contribution in [0, 0.1) is 0 Å². The Morgan fingerprint density at radius 1 is 0.986 bits per heavy atom. The van der Waals surface area contributed by atoms with E-state index in [-0.39, 0.29) is 47.9 Å². The first-order chi connectivity index (χ1) is 33.6. The fourth-order valence-electron chi connectivity index (χ4n) is 10.2. The average molecular weight is 957 g/mol. The minimum absolute atomic E-state index is 0.00976. The lowest BCUT2D eigenvalue weighted by atomic mass is 9.83. The van der Waals surface area contributed by atoms with E-state index in [0.29, 0.717) is 58.4 Å². The first-order valence-corrected chi connectivity index (χ1v) is 24.0. The van der Waals surface area contributed by atoms with Gasteiger partial charge in [0.2, 0.25) is 17.3 Å². The molecule has 9 rings (SSSR count). The molecule has 1 saturated heterocycles. The molecule has 4 N–H and O–H groups in total. The van der Waals surface area contributed by atoms with Crippen molar-refractivity contribution < 1.29 is 43.9 Å². The number of aromatic nitrogens is 4. The van der Waals surface area contributed by atoms with E-state index in [9.17, 15) is 34.5 Å². The predicted octanol–water partition coefficient (Wildman–Crippen LogP) is 5.20. The van der Waals surface area contributed by atoms with Gasteiger partial charge in [-0.1, -0.05) is 52.0 Å². The number of carbonyl (C=O) groups is 3. The van der Waals surface area contributed by atoms with Crippen LogP contribution in [0.25, 0.3) is 33.9 Å². The van der Waals surface area contributed by atoms with Gasteiger partial charge in [-0.25, -0.2) is 19.3 Å². The Morgan fingerprint density at radius 3 is 2.43 bits per heavy atom. The average Bonchev–Trinajstić information content (AvgIpc) is 3.86. The molecule has 4 aliphatic rings. The van der Waals surface area contributed by atoms with Crippen LogP contribution in [0.15, 0.2) is 81.3 Å². The number of piperazine rings is 1. The summed E-state index contributed by atoms with van der Waals surface area (Å²) in [6.07, 6.45) is 4.57. The summed E-state index contributed by atoms with van der Waals surface area (Å²) >= 11 is 0. The van der Waals surface area contributed by atoms with Crippen LogP contribution in [0.5, 0.6) is 17.4 Å². The number of aromatic amines is 1. The SMILES string of the molecule is CCC1=C2Cn3c(O)c4c5c(ccc4c3=CC2=CC(OC(C)=O)O1)C(CC)(OC(=O)N(C)CCCCN1CCN(Cc2ccc(-n3c(-c4cc(C(C)C)c(O)cc4O)n[nH]c3=O)cc2)CC1)C(=O)CN=5. The minimum Gasteiger partial charge on any atom is -0.508 e. The zero-order valence-electron chi connectivity index (χ0n) is 40.5. The van der Waals surface area contributed by atoms with Crippen molar-refractivity contribution in [2.24, 2.45) is 4.99 Å². The number of Topliss-reactive ketones (excluding diaryl/α,β-unsaturated/α-hetero) is 1. The third kappa shape index (κ3) is 8.85. The zero-order chi connectivity index (χ0) is 49.6. The molecule has 70 heavy (non-hydrogen) atoms. The number of phenolic OH excluding ortho intramolecular Hbond substituents is 2. The number of rotatable bonds is 14. The normalized spacial score (nSPS) is 19.2. The molecule has 0 saturated carbocycles. The molecule has 0 bridgehead atoms. The number of fused-ring (bicyclic) bond motifs is 6. The molecule has 368 valence electrons. The number of ketones is 1. The lowest BCUT2D eigenvalue weighted by molar-refractivity contribution is -0.161. The molecule has 4 aliphatic heterocycles. The first kappa shape index (κ1) is 47.9. The summed E-state index contributed by atoms with van der Waals surface area (Å²) in [5.41, 5.74) is 2.79. The van der Waals surface area contributed by atoms with Crippen LogP contribution in [-0.2, 0) is 42.5 Å². The van der Waals surface area contributed by atoms with Gasteiger partial charge in [0, 0.05) is 88.3 Å². The molecule has 3 aromatic carbocycles. The molecule has 1 fully saturated rings. The molecule has 0 spiro atoms. The highest BCUT2D eigenvalue weighted by Crippen LogP contribution is 2.39. The minimum atomic E-state index is -1.59. The third-order valence-corrected chi connectivity index (χ3v) is 14.0. The van der Waals surface area contributed by atoms with Crippen molar-refractivity contribution in [2.75, 3.05) is 52.9 Å². The highest BCUT2D eigenvalue weighted by Gasteiger charge is 2.46. The van der Waals surface area contributed by atoms with Crippen molar-refractivity contribution in [3.05, 3.63) is 109 Å². The number of hydrogen-bond acceptors (Lipinski definition) is 14. The number of benzene rings is 3. The Hall–Kier alpha value is -7.18. The topological polar surface area (TPSA) is 217 Å². The van der Waals surface area contributed by atoms with Crippen LogP contribution in [0.4, 0.5) is 4.79 Å². The van der Waals surface area contributed by atoms with Gasteiger partial charge in [-0.2, -0.15) is 5.10 Å². The molecule has 6 heterocycles. The fraction of sp³-hybridized carbons (Fsp3) is 0.423. The summed E-state index contributed by atoms with van der Waals surface area (Å²) < 4.78 is 20.7. The van der Waals surface area contributed by atoms with Gasteiger partial charge < -0.3 is 43.9 Å². The number of ether oxygens (including phenoxy) is 3. The molecule has 1 amide bonds. The van der Waals surface area contributed by atoms with E-state index in [1.54, 1.807) is 29.8 Å². The summed E-state index contributed by atoms with van der Waals surface area (Å²) in [5, 5.41) is 41.9. The van der Waals surface area contributed by atoms with Gasteiger partial charge in [0.15, 0.2) is 5.82 Å². The van der Waals surface area contributed by atoms with Gasteiger partial charge in [0.05, 0.1) is 33.9 Å². The molecule has 5 aromatic rings. The third-order valence-electron chi connectivity index (χ3n) is 14.0. The second-order valence-electron chi connectivity index (χ2n) is 18.8. The number of phenols is 2. The second-order valence-corrected chi connectivity index (χ2v) is 18.8. The van der Waals surface area contributed by atoms with Gasteiger partial charge in [0.1, 0.15) is 23.8 Å². The number of nitrogens with one attached hydrogen (secondary N) is 1. The van der Waals surface area contributed by atoms with Gasteiger partial charge in [-0.15, -0.1) is 0 Å². The van der Waals surface area contributed by atoms with E-state index >= 15 is 0 Å². The Kier molecular flexibility index (Phi) is 13.2. The van der Waals surface area contributed by atoms with Crippen molar-refractivity contribution in [3.63, 3.8) is 0 Å². The smallest absolute Gasteiger partial charge is 0.410 e. The Bertz CT molecular complexity index is 3140. The standard InChI is InChI=1S/C52H60N8O10/c1-7-43-38-29-59-40(23-33(38)24-45(69-43)68-31(5)61)35-15-16-39-47(46(35)49(59)65)53-27-44(64)52(39,8-2)70-51(67)56(6)17-9-10-18-57-19-21-58(22-20-57)28-32-11-13-34(14-12-32)60-48(54-55-50(60)66)37-25-36(30(3)4)41(62)26-42(37)63/h11-16,23-26,30,45,62-63,65H,7-10,17-22,27-29H2,1-6H3,(H,55,66). The molecule has 2 atom stereocenters. The predicted molar refractivity (Wildman–Crippen MR) is 260 cm³/mol. The van der Waals surface area contributed by atoms with Gasteiger partial charge in [-0.05, 0) is 72.7 Å². The molecule has 2 unspecified atom stereocenters. The Labute approximate surface area is 404 Å². The maximum absolute atomic E-state index is 13.8. The molecular weight excluding hydrogens is 897 g/mol. The maximum atomic E-state index is 13.8. The lowest BCUT2D eigenvalue weighted by Crippen LogP contribution is -2.50. The quantitative estimate of drug-likeness (QED) is 0.0833. The second kappa shape index (κ2) is 19.3. The van der Waals surface area contributed by atoms with Crippen molar-refractivity contribution in [1.82, 2.24) is 34.0 Å². The number of aromatic hydroxyl groups is 3. The number of H-pyrrole nitrogens is 1. The fourth-order valence-corrected chi connectivity index (χ4v) is 10.2. The molecule has 18 heteroatoms. The Balaban J connectivity index is 0.788. The van der Waals surface area contributed by atoms with Crippen LogP contribution >= 0.6 is 0 Å². The van der Waals surface area contributed by atoms with Crippen LogP contribution < -0.4 is 16.4 Å². The molecule has 18 nitrogen and oxygen atoms in total.